The number of rotatable bonds is 4. The topological polar surface area (TPSA) is 57.2 Å². The Morgan fingerprint density at radius 3 is 2.32 bits per heavy atom. The van der Waals surface area contributed by atoms with Gasteiger partial charge in [-0.1, -0.05) is 0 Å². The van der Waals surface area contributed by atoms with Crippen molar-refractivity contribution in [1.29, 1.82) is 0 Å². The summed E-state index contributed by atoms with van der Waals surface area (Å²) in [4.78, 5) is 14.1. The molecule has 0 radical (unpaired) electrons. The largest absolute Gasteiger partial charge is 0.498 e. The van der Waals surface area contributed by atoms with Gasteiger partial charge in [0.05, 0.1) is 23.4 Å². The standard InChI is InChI=1S/C24H35BF3NO5/c1-21(2,3)32-20(30)29-12-8-9-16(14-29)15-31-19-11-10-17(24(26,27)28)13-18(19)25-33-22(4,5)23(6,7)34-25/h10-11,13,16H,8-9,12,14-15H2,1-7H3. The van der Waals surface area contributed by atoms with Gasteiger partial charge in [0.1, 0.15) is 11.4 Å². The monoisotopic (exact) mass is 485 g/mol. The van der Waals surface area contributed by atoms with Gasteiger partial charge in [0.2, 0.25) is 0 Å². The second-order valence-corrected chi connectivity index (χ2v) is 11.1. The summed E-state index contributed by atoms with van der Waals surface area (Å²) in [5.41, 5.74) is -2.59. The van der Waals surface area contributed by atoms with Crippen molar-refractivity contribution in [2.24, 2.45) is 5.92 Å². The Balaban J connectivity index is 1.76. The van der Waals surface area contributed by atoms with E-state index in [1.807, 2.05) is 48.5 Å². The molecule has 10 heteroatoms. The van der Waals surface area contributed by atoms with Gasteiger partial charge >= 0.3 is 19.4 Å². The summed E-state index contributed by atoms with van der Waals surface area (Å²) < 4.78 is 63.8. The molecule has 0 aromatic heterocycles. The first kappa shape index (κ1) is 26.7. The van der Waals surface area contributed by atoms with Crippen molar-refractivity contribution < 1.29 is 36.7 Å². The molecule has 0 spiro atoms. The lowest BCUT2D eigenvalue weighted by Crippen LogP contribution is -2.44. The molecule has 2 aliphatic heterocycles. The molecule has 0 aliphatic carbocycles. The molecular weight excluding hydrogens is 450 g/mol. The highest BCUT2D eigenvalue weighted by Crippen LogP contribution is 2.38. The number of likely N-dealkylation sites (tertiary alicyclic amines) is 1. The fraction of sp³-hybridized carbons (Fsp3) is 0.708. The lowest BCUT2D eigenvalue weighted by atomic mass is 9.77. The molecule has 0 N–H and O–H groups in total. The normalized spacial score (nSPS) is 22.6. The minimum Gasteiger partial charge on any atom is -0.494 e. The molecule has 2 saturated heterocycles. The zero-order valence-electron chi connectivity index (χ0n) is 21.0. The second-order valence-electron chi connectivity index (χ2n) is 11.1. The SMILES string of the molecule is CC(C)(C)OC(=O)N1CCCC(COc2ccc(C(F)(F)F)cc2B2OC(C)(C)C(C)(C)O2)C1. The van der Waals surface area contributed by atoms with Crippen LogP contribution in [0.4, 0.5) is 18.0 Å². The summed E-state index contributed by atoms with van der Waals surface area (Å²) in [6, 6.07) is 3.35. The number of piperidine rings is 1. The quantitative estimate of drug-likeness (QED) is 0.560. The Morgan fingerprint density at radius 2 is 1.76 bits per heavy atom. The number of alkyl halides is 3. The minimum atomic E-state index is -4.51. The molecule has 0 saturated carbocycles. The number of ether oxygens (including phenoxy) is 2. The van der Waals surface area contributed by atoms with Crippen LogP contribution < -0.4 is 10.2 Å². The van der Waals surface area contributed by atoms with E-state index in [4.69, 9.17) is 18.8 Å². The van der Waals surface area contributed by atoms with Crippen molar-refractivity contribution in [3.05, 3.63) is 23.8 Å². The molecular formula is C24H35BF3NO5. The van der Waals surface area contributed by atoms with Crippen LogP contribution in [-0.4, -0.2) is 54.6 Å². The van der Waals surface area contributed by atoms with E-state index in [-0.39, 0.29) is 29.8 Å². The Hall–Kier alpha value is -1.94. The molecule has 1 aromatic rings. The number of hydrogen-bond donors (Lipinski definition) is 0. The van der Waals surface area contributed by atoms with Crippen LogP contribution in [0.5, 0.6) is 5.75 Å². The van der Waals surface area contributed by atoms with E-state index < -0.39 is 35.7 Å². The first-order valence-electron chi connectivity index (χ1n) is 11.7. The third kappa shape index (κ3) is 6.19. The molecule has 2 fully saturated rings. The zero-order valence-corrected chi connectivity index (χ0v) is 21.0. The molecule has 2 heterocycles. The smallest absolute Gasteiger partial charge is 0.494 e. The number of hydrogen-bond acceptors (Lipinski definition) is 5. The average molecular weight is 485 g/mol. The molecule has 1 unspecified atom stereocenters. The molecule has 1 atom stereocenters. The number of amides is 1. The summed E-state index contributed by atoms with van der Waals surface area (Å²) in [5, 5.41) is 0. The van der Waals surface area contributed by atoms with Gasteiger partial charge in [0.15, 0.2) is 0 Å². The minimum absolute atomic E-state index is 0.0229. The van der Waals surface area contributed by atoms with E-state index in [0.29, 0.717) is 13.1 Å². The van der Waals surface area contributed by atoms with Crippen LogP contribution in [0, 0.1) is 5.92 Å². The van der Waals surface area contributed by atoms with E-state index in [9.17, 15) is 18.0 Å². The Morgan fingerprint density at radius 1 is 1.15 bits per heavy atom. The van der Waals surface area contributed by atoms with Gasteiger partial charge < -0.3 is 23.7 Å². The van der Waals surface area contributed by atoms with Crippen LogP contribution in [-0.2, 0) is 20.2 Å². The molecule has 34 heavy (non-hydrogen) atoms. The lowest BCUT2D eigenvalue weighted by molar-refractivity contribution is -0.137. The van der Waals surface area contributed by atoms with Gasteiger partial charge in [0.25, 0.3) is 0 Å². The van der Waals surface area contributed by atoms with Crippen molar-refractivity contribution in [3.8, 4) is 5.75 Å². The van der Waals surface area contributed by atoms with Crippen LogP contribution in [0.25, 0.3) is 0 Å². The Bertz CT molecular complexity index is 882. The van der Waals surface area contributed by atoms with E-state index in [2.05, 4.69) is 0 Å². The summed E-state index contributed by atoms with van der Waals surface area (Å²) in [7, 11) is -0.994. The molecule has 190 valence electrons. The number of benzene rings is 1. The Labute approximate surface area is 200 Å². The van der Waals surface area contributed by atoms with Crippen LogP contribution in [0.2, 0.25) is 0 Å². The number of carbonyl (C=O) groups is 1. The Kier molecular flexibility index (Phi) is 7.26. The fourth-order valence-electron chi connectivity index (χ4n) is 3.91. The van der Waals surface area contributed by atoms with Gasteiger partial charge in [0, 0.05) is 24.5 Å². The maximum atomic E-state index is 13.4. The summed E-state index contributed by atoms with van der Waals surface area (Å²) in [6.07, 6.45) is -3.24. The van der Waals surface area contributed by atoms with Gasteiger partial charge in [-0.15, -0.1) is 0 Å². The van der Waals surface area contributed by atoms with E-state index in [0.717, 1.165) is 25.0 Å². The van der Waals surface area contributed by atoms with Crippen molar-refractivity contribution in [2.75, 3.05) is 19.7 Å². The highest BCUT2D eigenvalue weighted by Gasteiger charge is 2.53. The first-order chi connectivity index (χ1) is 15.5. The van der Waals surface area contributed by atoms with Gasteiger partial charge in [-0.25, -0.2) is 4.79 Å². The number of nitrogens with zero attached hydrogens (tertiary/aromatic N) is 1. The zero-order chi connectivity index (χ0) is 25.5. The van der Waals surface area contributed by atoms with Crippen molar-refractivity contribution in [3.63, 3.8) is 0 Å². The summed E-state index contributed by atoms with van der Waals surface area (Å²) in [6.45, 7) is 14.1. The number of halogens is 3. The molecule has 0 bridgehead atoms. The van der Waals surface area contributed by atoms with Crippen LogP contribution in [0.3, 0.4) is 0 Å². The molecule has 6 nitrogen and oxygen atoms in total. The van der Waals surface area contributed by atoms with Crippen molar-refractivity contribution in [2.45, 2.75) is 84.3 Å². The van der Waals surface area contributed by atoms with Crippen LogP contribution in [0.15, 0.2) is 18.2 Å². The molecule has 1 amide bonds. The van der Waals surface area contributed by atoms with Crippen molar-refractivity contribution >= 4 is 18.7 Å². The first-order valence-corrected chi connectivity index (χ1v) is 11.7. The third-order valence-electron chi connectivity index (χ3n) is 6.49. The summed E-state index contributed by atoms with van der Waals surface area (Å²) in [5.74, 6) is 0.301. The highest BCUT2D eigenvalue weighted by molar-refractivity contribution is 6.63. The maximum Gasteiger partial charge on any atom is 0.498 e. The lowest BCUT2D eigenvalue weighted by Gasteiger charge is -2.34. The second kappa shape index (κ2) is 9.26. The van der Waals surface area contributed by atoms with E-state index in [1.165, 1.54) is 6.07 Å². The average Bonchev–Trinajstić information content (AvgIpc) is 2.91. The van der Waals surface area contributed by atoms with E-state index in [1.54, 1.807) is 4.90 Å². The van der Waals surface area contributed by atoms with Crippen molar-refractivity contribution in [1.82, 2.24) is 4.90 Å². The van der Waals surface area contributed by atoms with Crippen LogP contribution in [0.1, 0.15) is 66.9 Å². The predicted molar refractivity (Wildman–Crippen MR) is 123 cm³/mol. The molecule has 1 aromatic carbocycles. The van der Waals surface area contributed by atoms with Gasteiger partial charge in [-0.3, -0.25) is 0 Å². The van der Waals surface area contributed by atoms with E-state index >= 15 is 0 Å². The predicted octanol–water partition coefficient (Wildman–Crippen LogP) is 5.03. The van der Waals surface area contributed by atoms with Gasteiger partial charge in [-0.2, -0.15) is 13.2 Å². The summed E-state index contributed by atoms with van der Waals surface area (Å²) >= 11 is 0. The maximum absolute atomic E-state index is 13.4. The van der Waals surface area contributed by atoms with Gasteiger partial charge in [-0.05, 0) is 79.5 Å². The number of carbonyl (C=O) groups excluding carboxylic acids is 1. The van der Waals surface area contributed by atoms with Crippen LogP contribution >= 0.6 is 0 Å². The fourth-order valence-corrected chi connectivity index (χ4v) is 3.91. The highest BCUT2D eigenvalue weighted by atomic mass is 19.4. The molecule has 2 aliphatic rings. The molecule has 3 rings (SSSR count). The third-order valence-corrected chi connectivity index (χ3v) is 6.49.